The number of carbonyl (C=O) groups is 1. The molecule has 0 aromatic rings. The van der Waals surface area contributed by atoms with E-state index in [9.17, 15) is 10.1 Å². The van der Waals surface area contributed by atoms with E-state index in [2.05, 4.69) is 11.0 Å². The van der Waals surface area contributed by atoms with Gasteiger partial charge in [-0.15, -0.1) is 0 Å². The molecular weight excluding hydrogens is 238 g/mol. The first-order valence-corrected chi connectivity index (χ1v) is 7.54. The van der Waals surface area contributed by atoms with Gasteiger partial charge in [0.05, 0.1) is 18.0 Å². The second-order valence-corrected chi connectivity index (χ2v) is 6.28. The molecule has 0 aliphatic carbocycles. The Kier molecular flexibility index (Phi) is 4.81. The number of rotatable bonds is 2. The summed E-state index contributed by atoms with van der Waals surface area (Å²) < 4.78 is 0. The van der Waals surface area contributed by atoms with Gasteiger partial charge in [-0.3, -0.25) is 9.69 Å². The Hall–Kier alpha value is -1.08. The van der Waals surface area contributed by atoms with Crippen LogP contribution in [0.25, 0.3) is 0 Å². The summed E-state index contributed by atoms with van der Waals surface area (Å²) in [4.78, 5) is 16.5. The number of hydrogen-bond acceptors (Lipinski definition) is 3. The van der Waals surface area contributed by atoms with Crippen molar-refractivity contribution in [3.63, 3.8) is 0 Å². The van der Waals surface area contributed by atoms with Gasteiger partial charge >= 0.3 is 0 Å². The predicted octanol–water partition coefficient (Wildman–Crippen LogP) is 2.01. The summed E-state index contributed by atoms with van der Waals surface area (Å²) >= 11 is 0. The van der Waals surface area contributed by atoms with Gasteiger partial charge in [-0.25, -0.2) is 0 Å². The standard InChI is InChI=1S/C15H25N3O/c1-15(12-16)7-6-10-18(13-15)14(19)11-17-8-4-2-3-5-9-17/h2-11,13H2,1H3/t15-/m1/s1. The quantitative estimate of drug-likeness (QED) is 0.765. The van der Waals surface area contributed by atoms with E-state index in [1.807, 2.05) is 11.8 Å². The van der Waals surface area contributed by atoms with Crippen molar-refractivity contribution in [2.75, 3.05) is 32.7 Å². The molecule has 2 fully saturated rings. The molecule has 2 aliphatic heterocycles. The first-order chi connectivity index (χ1) is 9.13. The van der Waals surface area contributed by atoms with E-state index in [1.165, 1.54) is 25.7 Å². The van der Waals surface area contributed by atoms with Gasteiger partial charge in [0.1, 0.15) is 0 Å². The summed E-state index contributed by atoms with van der Waals surface area (Å²) in [6.45, 7) is 6.05. The van der Waals surface area contributed by atoms with Gasteiger partial charge in [-0.2, -0.15) is 5.26 Å². The Morgan fingerprint density at radius 3 is 2.47 bits per heavy atom. The minimum absolute atomic E-state index is 0.211. The van der Waals surface area contributed by atoms with E-state index in [0.717, 1.165) is 32.5 Å². The largest absolute Gasteiger partial charge is 0.340 e. The lowest BCUT2D eigenvalue weighted by Gasteiger charge is -2.37. The molecule has 2 aliphatic rings. The van der Waals surface area contributed by atoms with Crippen LogP contribution in [0.3, 0.4) is 0 Å². The average molecular weight is 263 g/mol. The summed E-state index contributed by atoms with van der Waals surface area (Å²) in [6.07, 6.45) is 6.88. The van der Waals surface area contributed by atoms with Gasteiger partial charge in [-0.1, -0.05) is 12.8 Å². The molecule has 0 aromatic carbocycles. The fourth-order valence-electron chi connectivity index (χ4n) is 3.13. The maximum absolute atomic E-state index is 12.4. The van der Waals surface area contributed by atoms with Crippen molar-refractivity contribution in [1.29, 1.82) is 5.26 Å². The molecule has 0 radical (unpaired) electrons. The maximum Gasteiger partial charge on any atom is 0.236 e. The average Bonchev–Trinajstić information content (AvgIpc) is 2.67. The zero-order chi connectivity index (χ0) is 13.7. The van der Waals surface area contributed by atoms with E-state index >= 15 is 0 Å². The highest BCUT2D eigenvalue weighted by Crippen LogP contribution is 2.28. The normalized spacial score (nSPS) is 29.6. The Morgan fingerprint density at radius 1 is 1.16 bits per heavy atom. The lowest BCUT2D eigenvalue weighted by molar-refractivity contribution is -0.134. The third kappa shape index (κ3) is 3.94. The Morgan fingerprint density at radius 2 is 1.84 bits per heavy atom. The molecule has 2 saturated heterocycles. The molecule has 0 N–H and O–H groups in total. The second-order valence-electron chi connectivity index (χ2n) is 6.28. The molecule has 0 unspecified atom stereocenters. The molecule has 0 bridgehead atoms. The van der Waals surface area contributed by atoms with E-state index in [4.69, 9.17) is 0 Å². The number of amides is 1. The predicted molar refractivity (Wildman–Crippen MR) is 74.4 cm³/mol. The van der Waals surface area contributed by atoms with Crippen molar-refractivity contribution in [3.05, 3.63) is 0 Å². The molecule has 0 saturated carbocycles. The maximum atomic E-state index is 12.4. The molecule has 1 amide bonds. The zero-order valence-electron chi connectivity index (χ0n) is 12.0. The fraction of sp³-hybridized carbons (Fsp3) is 0.867. The van der Waals surface area contributed by atoms with Crippen LogP contribution in [0.1, 0.15) is 45.4 Å². The van der Waals surface area contributed by atoms with E-state index in [0.29, 0.717) is 13.1 Å². The highest BCUT2D eigenvalue weighted by Gasteiger charge is 2.33. The van der Waals surface area contributed by atoms with Crippen molar-refractivity contribution in [2.24, 2.45) is 5.41 Å². The molecule has 4 heteroatoms. The SMILES string of the molecule is C[C@]1(C#N)CCCN(C(=O)CN2CCCCCC2)C1. The molecule has 1 atom stereocenters. The number of carbonyl (C=O) groups excluding carboxylic acids is 1. The Balaban J connectivity index is 1.87. The van der Waals surface area contributed by atoms with Crippen molar-refractivity contribution >= 4 is 5.91 Å². The summed E-state index contributed by atoms with van der Waals surface area (Å²) in [5, 5.41) is 9.21. The minimum Gasteiger partial charge on any atom is -0.340 e. The summed E-state index contributed by atoms with van der Waals surface area (Å²) in [5.74, 6) is 0.211. The van der Waals surface area contributed by atoms with E-state index in [1.54, 1.807) is 0 Å². The van der Waals surface area contributed by atoms with Crippen LogP contribution in [-0.4, -0.2) is 48.4 Å². The minimum atomic E-state index is -0.341. The fourth-order valence-corrected chi connectivity index (χ4v) is 3.13. The van der Waals surface area contributed by atoms with Crippen LogP contribution in [0, 0.1) is 16.7 Å². The number of piperidine rings is 1. The van der Waals surface area contributed by atoms with Crippen LogP contribution in [0.2, 0.25) is 0 Å². The molecule has 4 nitrogen and oxygen atoms in total. The summed E-state index contributed by atoms with van der Waals surface area (Å²) in [5.41, 5.74) is -0.341. The summed E-state index contributed by atoms with van der Waals surface area (Å²) in [6, 6.07) is 2.37. The molecule has 19 heavy (non-hydrogen) atoms. The zero-order valence-corrected chi connectivity index (χ0v) is 12.0. The lowest BCUT2D eigenvalue weighted by atomic mass is 9.83. The number of likely N-dealkylation sites (tertiary alicyclic amines) is 2. The highest BCUT2D eigenvalue weighted by atomic mass is 16.2. The van der Waals surface area contributed by atoms with Crippen molar-refractivity contribution in [2.45, 2.75) is 45.4 Å². The van der Waals surface area contributed by atoms with Crippen LogP contribution in [0.5, 0.6) is 0 Å². The van der Waals surface area contributed by atoms with E-state index in [-0.39, 0.29) is 11.3 Å². The molecule has 0 spiro atoms. The van der Waals surface area contributed by atoms with E-state index < -0.39 is 0 Å². The first kappa shape index (κ1) is 14.3. The summed E-state index contributed by atoms with van der Waals surface area (Å²) in [7, 11) is 0. The molecule has 0 aromatic heterocycles. The number of nitriles is 1. The van der Waals surface area contributed by atoms with Crippen molar-refractivity contribution in [1.82, 2.24) is 9.80 Å². The second kappa shape index (κ2) is 6.38. The van der Waals surface area contributed by atoms with Gasteiger partial charge in [0.25, 0.3) is 0 Å². The van der Waals surface area contributed by atoms with Crippen LogP contribution in [0.15, 0.2) is 0 Å². The van der Waals surface area contributed by atoms with Crippen LogP contribution >= 0.6 is 0 Å². The number of hydrogen-bond donors (Lipinski definition) is 0. The third-order valence-electron chi connectivity index (χ3n) is 4.38. The smallest absolute Gasteiger partial charge is 0.236 e. The van der Waals surface area contributed by atoms with Crippen LogP contribution < -0.4 is 0 Å². The van der Waals surface area contributed by atoms with Gasteiger partial charge in [0.2, 0.25) is 5.91 Å². The number of nitrogens with zero attached hydrogens (tertiary/aromatic N) is 3. The molecule has 106 valence electrons. The molecule has 2 rings (SSSR count). The molecular formula is C15H25N3O. The van der Waals surface area contributed by atoms with Crippen molar-refractivity contribution < 1.29 is 4.79 Å². The lowest BCUT2D eigenvalue weighted by Crippen LogP contribution is -2.48. The van der Waals surface area contributed by atoms with Gasteiger partial charge in [-0.05, 0) is 45.7 Å². The third-order valence-corrected chi connectivity index (χ3v) is 4.38. The van der Waals surface area contributed by atoms with Crippen LogP contribution in [-0.2, 0) is 4.79 Å². The van der Waals surface area contributed by atoms with Gasteiger partial charge in [0, 0.05) is 13.1 Å². The van der Waals surface area contributed by atoms with Gasteiger partial charge < -0.3 is 4.90 Å². The molecule has 2 heterocycles. The first-order valence-electron chi connectivity index (χ1n) is 7.54. The van der Waals surface area contributed by atoms with Crippen LogP contribution in [0.4, 0.5) is 0 Å². The Labute approximate surface area is 116 Å². The Bertz CT molecular complexity index is 355. The topological polar surface area (TPSA) is 47.3 Å². The van der Waals surface area contributed by atoms with Crippen molar-refractivity contribution in [3.8, 4) is 6.07 Å². The monoisotopic (exact) mass is 263 g/mol. The highest BCUT2D eigenvalue weighted by molar-refractivity contribution is 5.78. The van der Waals surface area contributed by atoms with Gasteiger partial charge in [0.15, 0.2) is 0 Å².